The zero-order valence-corrected chi connectivity index (χ0v) is 10.9. The van der Waals surface area contributed by atoms with Crippen LogP contribution in [0, 0.1) is 0 Å². The summed E-state index contributed by atoms with van der Waals surface area (Å²) in [6, 6.07) is 12.1. The van der Waals surface area contributed by atoms with Crippen LogP contribution in [0.25, 0.3) is 11.1 Å². The predicted octanol–water partition coefficient (Wildman–Crippen LogP) is 3.12. The lowest BCUT2D eigenvalue weighted by atomic mass is 10.3. The Hall–Kier alpha value is -2.69. The Morgan fingerprint density at radius 1 is 1.15 bits per heavy atom. The van der Waals surface area contributed by atoms with Gasteiger partial charge in [-0.1, -0.05) is 6.07 Å². The van der Waals surface area contributed by atoms with Gasteiger partial charge in [-0.15, -0.1) is 0 Å². The molecule has 0 amide bonds. The molecular formula is C15H13NO4. The first-order valence-electron chi connectivity index (χ1n) is 6.10. The number of benzene rings is 2. The third-order valence-corrected chi connectivity index (χ3v) is 2.82. The standard InChI is InChI=1S/C15H13NO4/c1-18-11-3-2-4-12(8-11)19-9-15-16-13-7-10(17)5-6-14(13)20-15/h2-8,17H,9H2,1H3. The van der Waals surface area contributed by atoms with Crippen molar-refractivity contribution in [2.45, 2.75) is 6.61 Å². The molecular weight excluding hydrogens is 258 g/mol. The summed E-state index contributed by atoms with van der Waals surface area (Å²) in [6.07, 6.45) is 0. The van der Waals surface area contributed by atoms with E-state index in [0.29, 0.717) is 22.7 Å². The molecule has 0 atom stereocenters. The number of aromatic hydroxyl groups is 1. The third kappa shape index (κ3) is 2.51. The van der Waals surface area contributed by atoms with Crippen molar-refractivity contribution in [3.05, 3.63) is 48.4 Å². The maximum absolute atomic E-state index is 9.38. The molecule has 1 heterocycles. The Bertz CT molecular complexity index is 736. The summed E-state index contributed by atoms with van der Waals surface area (Å²) in [4.78, 5) is 4.25. The molecule has 2 aromatic carbocycles. The van der Waals surface area contributed by atoms with E-state index in [1.807, 2.05) is 18.2 Å². The van der Waals surface area contributed by atoms with E-state index in [1.165, 1.54) is 0 Å². The zero-order valence-electron chi connectivity index (χ0n) is 10.9. The number of phenols is 1. The molecule has 1 aromatic heterocycles. The highest BCUT2D eigenvalue weighted by molar-refractivity contribution is 5.74. The van der Waals surface area contributed by atoms with Crippen LogP contribution in [0.2, 0.25) is 0 Å². The van der Waals surface area contributed by atoms with E-state index in [0.717, 1.165) is 5.75 Å². The number of fused-ring (bicyclic) bond motifs is 1. The number of rotatable bonds is 4. The highest BCUT2D eigenvalue weighted by atomic mass is 16.5. The van der Waals surface area contributed by atoms with E-state index >= 15 is 0 Å². The van der Waals surface area contributed by atoms with Crippen molar-refractivity contribution in [1.82, 2.24) is 4.98 Å². The molecule has 0 aliphatic rings. The monoisotopic (exact) mass is 271 g/mol. The first-order chi connectivity index (χ1) is 9.74. The first-order valence-corrected chi connectivity index (χ1v) is 6.10. The summed E-state index contributed by atoms with van der Waals surface area (Å²) >= 11 is 0. The van der Waals surface area contributed by atoms with Gasteiger partial charge in [-0.3, -0.25) is 0 Å². The van der Waals surface area contributed by atoms with Crippen molar-refractivity contribution in [1.29, 1.82) is 0 Å². The topological polar surface area (TPSA) is 64.7 Å². The average molecular weight is 271 g/mol. The zero-order chi connectivity index (χ0) is 13.9. The van der Waals surface area contributed by atoms with Gasteiger partial charge >= 0.3 is 0 Å². The number of hydrogen-bond acceptors (Lipinski definition) is 5. The van der Waals surface area contributed by atoms with Gasteiger partial charge in [0.25, 0.3) is 0 Å². The summed E-state index contributed by atoms with van der Waals surface area (Å²) in [6.45, 7) is 0.211. The number of oxazole rings is 1. The summed E-state index contributed by atoms with van der Waals surface area (Å²) in [7, 11) is 1.60. The predicted molar refractivity (Wildman–Crippen MR) is 73.0 cm³/mol. The van der Waals surface area contributed by atoms with Crippen molar-refractivity contribution in [3.63, 3.8) is 0 Å². The van der Waals surface area contributed by atoms with Crippen LogP contribution in [0.15, 0.2) is 46.9 Å². The molecule has 0 spiro atoms. The quantitative estimate of drug-likeness (QED) is 0.789. The van der Waals surface area contributed by atoms with E-state index in [1.54, 1.807) is 31.4 Å². The van der Waals surface area contributed by atoms with Gasteiger partial charge in [-0.25, -0.2) is 4.98 Å². The van der Waals surface area contributed by atoms with Crippen LogP contribution < -0.4 is 9.47 Å². The number of aromatic nitrogens is 1. The van der Waals surface area contributed by atoms with Crippen LogP contribution in [0.1, 0.15) is 5.89 Å². The largest absolute Gasteiger partial charge is 0.508 e. The lowest BCUT2D eigenvalue weighted by Crippen LogP contribution is -1.95. The molecule has 1 N–H and O–H groups in total. The van der Waals surface area contributed by atoms with Gasteiger partial charge in [-0.05, 0) is 24.3 Å². The van der Waals surface area contributed by atoms with Gasteiger partial charge in [-0.2, -0.15) is 0 Å². The second kappa shape index (κ2) is 5.13. The van der Waals surface area contributed by atoms with Crippen molar-refractivity contribution in [3.8, 4) is 17.2 Å². The molecule has 0 aliphatic heterocycles. The highest BCUT2D eigenvalue weighted by Crippen LogP contribution is 2.23. The van der Waals surface area contributed by atoms with E-state index in [2.05, 4.69) is 4.98 Å². The van der Waals surface area contributed by atoms with Crippen molar-refractivity contribution in [2.24, 2.45) is 0 Å². The molecule has 0 saturated carbocycles. The van der Waals surface area contributed by atoms with Crippen LogP contribution in [0.3, 0.4) is 0 Å². The Morgan fingerprint density at radius 3 is 2.85 bits per heavy atom. The molecule has 3 rings (SSSR count). The molecule has 5 heteroatoms. The SMILES string of the molecule is COc1cccc(OCc2nc3cc(O)ccc3o2)c1. The van der Waals surface area contributed by atoms with E-state index in [-0.39, 0.29) is 12.4 Å². The number of methoxy groups -OCH3 is 1. The molecule has 0 fully saturated rings. The summed E-state index contributed by atoms with van der Waals surface area (Å²) in [5.41, 5.74) is 1.22. The number of nitrogens with zero attached hydrogens (tertiary/aromatic N) is 1. The minimum Gasteiger partial charge on any atom is -0.508 e. The molecule has 0 bridgehead atoms. The molecule has 0 aliphatic carbocycles. The molecule has 5 nitrogen and oxygen atoms in total. The minimum atomic E-state index is 0.158. The van der Waals surface area contributed by atoms with Crippen LogP contribution in [-0.2, 0) is 6.61 Å². The Kier molecular flexibility index (Phi) is 3.16. The molecule has 3 aromatic rings. The fourth-order valence-corrected chi connectivity index (χ4v) is 1.86. The lowest BCUT2D eigenvalue weighted by molar-refractivity contribution is 0.266. The fourth-order valence-electron chi connectivity index (χ4n) is 1.86. The van der Waals surface area contributed by atoms with Crippen molar-refractivity contribution >= 4 is 11.1 Å². The molecule has 0 unspecified atom stereocenters. The van der Waals surface area contributed by atoms with Crippen LogP contribution in [-0.4, -0.2) is 17.2 Å². The van der Waals surface area contributed by atoms with Crippen LogP contribution in [0.4, 0.5) is 0 Å². The first kappa shape index (κ1) is 12.3. The van der Waals surface area contributed by atoms with Gasteiger partial charge in [0.05, 0.1) is 7.11 Å². The van der Waals surface area contributed by atoms with Crippen molar-refractivity contribution < 1.29 is 19.0 Å². The highest BCUT2D eigenvalue weighted by Gasteiger charge is 2.07. The van der Waals surface area contributed by atoms with Crippen LogP contribution in [0.5, 0.6) is 17.2 Å². The average Bonchev–Trinajstić information content (AvgIpc) is 2.87. The second-order valence-corrected chi connectivity index (χ2v) is 4.23. The Labute approximate surface area is 115 Å². The summed E-state index contributed by atoms with van der Waals surface area (Å²) in [5.74, 6) is 2.01. The fraction of sp³-hybridized carbons (Fsp3) is 0.133. The van der Waals surface area contributed by atoms with E-state index in [4.69, 9.17) is 13.9 Å². The minimum absolute atomic E-state index is 0.158. The van der Waals surface area contributed by atoms with Gasteiger partial charge in [0.15, 0.2) is 12.2 Å². The van der Waals surface area contributed by atoms with E-state index < -0.39 is 0 Å². The Morgan fingerprint density at radius 2 is 2.00 bits per heavy atom. The normalized spacial score (nSPS) is 10.7. The second-order valence-electron chi connectivity index (χ2n) is 4.23. The van der Waals surface area contributed by atoms with Gasteiger partial charge in [0, 0.05) is 12.1 Å². The third-order valence-electron chi connectivity index (χ3n) is 2.82. The lowest BCUT2D eigenvalue weighted by Gasteiger charge is -2.05. The smallest absolute Gasteiger partial charge is 0.233 e. The van der Waals surface area contributed by atoms with Crippen LogP contribution >= 0.6 is 0 Å². The van der Waals surface area contributed by atoms with Gasteiger partial charge in [0.2, 0.25) is 5.89 Å². The van der Waals surface area contributed by atoms with Gasteiger partial charge in [0.1, 0.15) is 22.8 Å². The van der Waals surface area contributed by atoms with Crippen molar-refractivity contribution in [2.75, 3.05) is 7.11 Å². The summed E-state index contributed by atoms with van der Waals surface area (Å²) < 4.78 is 16.2. The summed E-state index contributed by atoms with van der Waals surface area (Å²) in [5, 5.41) is 9.38. The van der Waals surface area contributed by atoms with E-state index in [9.17, 15) is 5.11 Å². The number of phenolic OH excluding ortho intramolecular Hbond substituents is 1. The number of ether oxygens (including phenoxy) is 2. The maximum atomic E-state index is 9.38. The molecule has 20 heavy (non-hydrogen) atoms. The maximum Gasteiger partial charge on any atom is 0.233 e. The number of hydrogen-bond donors (Lipinski definition) is 1. The Balaban J connectivity index is 1.76. The molecule has 0 saturated heterocycles. The molecule has 0 radical (unpaired) electrons. The molecule has 102 valence electrons. The van der Waals surface area contributed by atoms with Gasteiger partial charge < -0.3 is 19.0 Å².